The molecule has 2 aromatic rings. The van der Waals surface area contributed by atoms with Crippen LogP contribution in [0.5, 0.6) is 0 Å². The van der Waals surface area contributed by atoms with Crippen LogP contribution in [0.2, 0.25) is 0 Å². The zero-order chi connectivity index (χ0) is 15.5. The van der Waals surface area contributed by atoms with Crippen molar-refractivity contribution in [3.8, 4) is 0 Å². The van der Waals surface area contributed by atoms with E-state index in [0.29, 0.717) is 5.56 Å². The summed E-state index contributed by atoms with van der Waals surface area (Å²) in [7, 11) is -3.73. The molecule has 0 unspecified atom stereocenters. The Kier molecular flexibility index (Phi) is 4.29. The van der Waals surface area contributed by atoms with Gasteiger partial charge in [-0.1, -0.05) is 12.1 Å². The molecule has 0 atom stereocenters. The molecule has 112 valence electrons. The summed E-state index contributed by atoms with van der Waals surface area (Å²) >= 11 is 0. The summed E-state index contributed by atoms with van der Waals surface area (Å²) in [5.74, 6) is 0. The predicted molar refractivity (Wildman–Crippen MR) is 69.7 cm³/mol. The van der Waals surface area contributed by atoms with Gasteiger partial charge in [0, 0.05) is 18.9 Å². The largest absolute Gasteiger partial charge is 0.416 e. The lowest BCUT2D eigenvalue weighted by molar-refractivity contribution is -0.137. The summed E-state index contributed by atoms with van der Waals surface area (Å²) < 4.78 is 63.3. The topological polar surface area (TPSA) is 59.1 Å². The van der Waals surface area contributed by atoms with E-state index in [1.807, 2.05) is 0 Å². The molecular weight excluding hydrogens is 305 g/mol. The molecular formula is C13H11F3N2O2S. The molecule has 4 nitrogen and oxygen atoms in total. The van der Waals surface area contributed by atoms with Gasteiger partial charge in [-0.25, -0.2) is 13.1 Å². The molecule has 0 fully saturated rings. The Morgan fingerprint density at radius 3 is 2.29 bits per heavy atom. The Morgan fingerprint density at radius 1 is 1.10 bits per heavy atom. The molecule has 1 N–H and O–H groups in total. The SMILES string of the molecule is O=S(=O)(NCc1ccc(C(F)(F)F)cc1)c1cccnc1. The van der Waals surface area contributed by atoms with Crippen LogP contribution < -0.4 is 4.72 Å². The van der Waals surface area contributed by atoms with Crippen LogP contribution in [0.1, 0.15) is 11.1 Å². The second kappa shape index (κ2) is 5.82. The molecule has 1 aromatic heterocycles. The maximum Gasteiger partial charge on any atom is 0.416 e. The lowest BCUT2D eigenvalue weighted by atomic mass is 10.1. The second-order valence-electron chi connectivity index (χ2n) is 4.21. The molecule has 8 heteroatoms. The van der Waals surface area contributed by atoms with E-state index in [-0.39, 0.29) is 11.4 Å². The number of halogens is 3. The van der Waals surface area contributed by atoms with Crippen molar-refractivity contribution in [3.05, 3.63) is 59.9 Å². The molecule has 0 aliphatic carbocycles. The normalized spacial score (nSPS) is 12.3. The van der Waals surface area contributed by atoms with Crippen molar-refractivity contribution in [2.24, 2.45) is 0 Å². The van der Waals surface area contributed by atoms with Crippen molar-refractivity contribution < 1.29 is 21.6 Å². The number of nitrogens with one attached hydrogen (secondary N) is 1. The van der Waals surface area contributed by atoms with Gasteiger partial charge in [-0.05, 0) is 29.8 Å². The third-order valence-electron chi connectivity index (χ3n) is 2.69. The third-order valence-corrected chi connectivity index (χ3v) is 4.08. The number of hydrogen-bond acceptors (Lipinski definition) is 3. The first kappa shape index (κ1) is 15.5. The zero-order valence-electron chi connectivity index (χ0n) is 10.6. The van der Waals surface area contributed by atoms with E-state index >= 15 is 0 Å². The fourth-order valence-corrected chi connectivity index (χ4v) is 2.56. The van der Waals surface area contributed by atoms with Crippen molar-refractivity contribution in [1.82, 2.24) is 9.71 Å². The molecule has 21 heavy (non-hydrogen) atoms. The van der Waals surface area contributed by atoms with Gasteiger partial charge >= 0.3 is 6.18 Å². The molecule has 1 aromatic carbocycles. The highest BCUT2D eigenvalue weighted by molar-refractivity contribution is 7.89. The lowest BCUT2D eigenvalue weighted by Crippen LogP contribution is -2.23. The van der Waals surface area contributed by atoms with Crippen LogP contribution in [0.3, 0.4) is 0 Å². The number of benzene rings is 1. The molecule has 0 aliphatic rings. The van der Waals surface area contributed by atoms with Gasteiger partial charge in [0.05, 0.1) is 5.56 Å². The van der Waals surface area contributed by atoms with Crippen molar-refractivity contribution in [3.63, 3.8) is 0 Å². The molecule has 0 aliphatic heterocycles. The van der Waals surface area contributed by atoms with Crippen molar-refractivity contribution >= 4 is 10.0 Å². The summed E-state index contributed by atoms with van der Waals surface area (Å²) in [5, 5.41) is 0. The first-order valence-corrected chi connectivity index (χ1v) is 7.33. The number of sulfonamides is 1. The fraction of sp³-hybridized carbons (Fsp3) is 0.154. The summed E-state index contributed by atoms with van der Waals surface area (Å²) in [6.45, 7) is -0.102. The lowest BCUT2D eigenvalue weighted by Gasteiger charge is -2.09. The maximum absolute atomic E-state index is 12.4. The van der Waals surface area contributed by atoms with Crippen LogP contribution in [0.25, 0.3) is 0 Å². The summed E-state index contributed by atoms with van der Waals surface area (Å²) in [4.78, 5) is 3.70. The van der Waals surface area contributed by atoms with Gasteiger partial charge < -0.3 is 0 Å². The van der Waals surface area contributed by atoms with Gasteiger partial charge in [0.15, 0.2) is 0 Å². The molecule has 0 radical (unpaired) electrons. The van der Waals surface area contributed by atoms with E-state index in [4.69, 9.17) is 0 Å². The molecule has 0 spiro atoms. The number of hydrogen-bond donors (Lipinski definition) is 1. The molecule has 1 heterocycles. The van der Waals surface area contributed by atoms with Crippen molar-refractivity contribution in [2.75, 3.05) is 0 Å². The van der Waals surface area contributed by atoms with Gasteiger partial charge in [0.2, 0.25) is 10.0 Å². The summed E-state index contributed by atoms with van der Waals surface area (Å²) in [5.41, 5.74) is -0.350. The van der Waals surface area contributed by atoms with E-state index < -0.39 is 21.8 Å². The smallest absolute Gasteiger partial charge is 0.263 e. The average Bonchev–Trinajstić information content (AvgIpc) is 2.46. The van der Waals surface area contributed by atoms with Crippen molar-refractivity contribution in [1.29, 1.82) is 0 Å². The van der Waals surface area contributed by atoms with E-state index in [1.165, 1.54) is 36.7 Å². The van der Waals surface area contributed by atoms with Crippen LogP contribution in [0.4, 0.5) is 13.2 Å². The Morgan fingerprint density at radius 2 is 1.76 bits per heavy atom. The standard InChI is InChI=1S/C13H11F3N2O2S/c14-13(15,16)11-5-3-10(4-6-11)8-18-21(19,20)12-2-1-7-17-9-12/h1-7,9,18H,8H2. The summed E-state index contributed by atoms with van der Waals surface area (Å²) in [6.07, 6.45) is -1.78. The van der Waals surface area contributed by atoms with Crippen LogP contribution in [0.15, 0.2) is 53.7 Å². The molecule has 0 bridgehead atoms. The van der Waals surface area contributed by atoms with Gasteiger partial charge in [-0.3, -0.25) is 4.98 Å². The minimum atomic E-state index is -4.41. The van der Waals surface area contributed by atoms with Gasteiger partial charge in [-0.2, -0.15) is 13.2 Å². The Balaban J connectivity index is 2.07. The zero-order valence-corrected chi connectivity index (χ0v) is 11.4. The Labute approximate surface area is 119 Å². The number of pyridine rings is 1. The van der Waals surface area contributed by atoms with Gasteiger partial charge in [-0.15, -0.1) is 0 Å². The van der Waals surface area contributed by atoms with Crippen LogP contribution in [0, 0.1) is 0 Å². The molecule has 2 rings (SSSR count). The average molecular weight is 316 g/mol. The van der Waals surface area contributed by atoms with E-state index in [9.17, 15) is 21.6 Å². The summed E-state index contributed by atoms with van der Waals surface area (Å²) in [6, 6.07) is 7.14. The van der Waals surface area contributed by atoms with E-state index in [2.05, 4.69) is 9.71 Å². The maximum atomic E-state index is 12.4. The number of nitrogens with zero attached hydrogens (tertiary/aromatic N) is 1. The van der Waals surface area contributed by atoms with Crippen LogP contribution in [-0.2, 0) is 22.7 Å². The molecule has 0 amide bonds. The predicted octanol–water partition coefficient (Wildman–Crippen LogP) is 2.58. The number of alkyl halides is 3. The highest BCUT2D eigenvalue weighted by atomic mass is 32.2. The third kappa shape index (κ3) is 4.02. The van der Waals surface area contributed by atoms with Crippen LogP contribution in [-0.4, -0.2) is 13.4 Å². The minimum Gasteiger partial charge on any atom is -0.263 e. The van der Waals surface area contributed by atoms with Gasteiger partial charge in [0.25, 0.3) is 0 Å². The highest BCUT2D eigenvalue weighted by Crippen LogP contribution is 2.29. The number of rotatable bonds is 4. The van der Waals surface area contributed by atoms with Gasteiger partial charge in [0.1, 0.15) is 4.90 Å². The quantitative estimate of drug-likeness (QED) is 0.943. The van der Waals surface area contributed by atoms with E-state index in [0.717, 1.165) is 12.1 Å². The first-order valence-electron chi connectivity index (χ1n) is 5.85. The number of aromatic nitrogens is 1. The van der Waals surface area contributed by atoms with Crippen LogP contribution >= 0.6 is 0 Å². The minimum absolute atomic E-state index is 0.00286. The molecule has 0 saturated carbocycles. The van der Waals surface area contributed by atoms with E-state index in [1.54, 1.807) is 0 Å². The fourth-order valence-electron chi connectivity index (χ4n) is 1.58. The monoisotopic (exact) mass is 316 g/mol. The van der Waals surface area contributed by atoms with Crippen molar-refractivity contribution in [2.45, 2.75) is 17.6 Å². The molecule has 0 saturated heterocycles. The first-order chi connectivity index (χ1) is 9.79. The highest BCUT2D eigenvalue weighted by Gasteiger charge is 2.29. The Bertz CT molecular complexity index is 698. The second-order valence-corrected chi connectivity index (χ2v) is 5.97. The Hall–Kier alpha value is -1.93.